The van der Waals surface area contributed by atoms with E-state index in [0.717, 1.165) is 24.3 Å². The summed E-state index contributed by atoms with van der Waals surface area (Å²) in [6, 6.07) is 14.3. The average molecular weight is 381 g/mol. The van der Waals surface area contributed by atoms with Gasteiger partial charge in [0.15, 0.2) is 0 Å². The summed E-state index contributed by atoms with van der Waals surface area (Å²) in [5, 5.41) is 2.97. The van der Waals surface area contributed by atoms with Gasteiger partial charge in [0.25, 0.3) is 0 Å². The fourth-order valence-electron chi connectivity index (χ4n) is 4.04. The van der Waals surface area contributed by atoms with Gasteiger partial charge in [0.1, 0.15) is 5.82 Å². The molecule has 28 heavy (non-hydrogen) atoms. The van der Waals surface area contributed by atoms with Crippen LogP contribution in [0.5, 0.6) is 0 Å². The lowest BCUT2D eigenvalue weighted by Gasteiger charge is -2.22. The number of carbonyl (C=O) groups is 2. The van der Waals surface area contributed by atoms with Crippen LogP contribution >= 0.6 is 0 Å². The van der Waals surface area contributed by atoms with Crippen molar-refractivity contribution in [3.63, 3.8) is 0 Å². The molecular weight excluding hydrogens is 357 g/mol. The standard InChI is InChI=1S/C22H24FN3O2/c23-18-8-2-4-10-20(18)26-15-17(13-21(26)27)22(28)24-14-16-7-1-3-9-19(16)25-11-5-6-12-25/h1-4,7-10,17H,5-6,11-15H2,(H,24,28). The van der Waals surface area contributed by atoms with Gasteiger partial charge in [-0.05, 0) is 36.6 Å². The van der Waals surface area contributed by atoms with E-state index < -0.39 is 11.7 Å². The predicted octanol–water partition coefficient (Wildman–Crippen LogP) is 3.10. The summed E-state index contributed by atoms with van der Waals surface area (Å²) in [5.41, 5.74) is 2.48. The Morgan fingerprint density at radius 1 is 1.04 bits per heavy atom. The number of hydrogen-bond acceptors (Lipinski definition) is 3. The van der Waals surface area contributed by atoms with Crippen molar-refractivity contribution in [2.75, 3.05) is 29.4 Å². The van der Waals surface area contributed by atoms with Crippen molar-refractivity contribution >= 4 is 23.2 Å². The summed E-state index contributed by atoms with van der Waals surface area (Å²) in [4.78, 5) is 28.7. The van der Waals surface area contributed by atoms with E-state index in [0.29, 0.717) is 6.54 Å². The number of carbonyl (C=O) groups excluding carboxylic acids is 2. The van der Waals surface area contributed by atoms with Gasteiger partial charge in [-0.3, -0.25) is 9.59 Å². The minimum Gasteiger partial charge on any atom is -0.371 e. The van der Waals surface area contributed by atoms with E-state index in [1.54, 1.807) is 18.2 Å². The Bertz CT molecular complexity index is 880. The predicted molar refractivity (Wildman–Crippen MR) is 107 cm³/mol. The topological polar surface area (TPSA) is 52.7 Å². The van der Waals surface area contributed by atoms with E-state index >= 15 is 0 Å². The van der Waals surface area contributed by atoms with Crippen molar-refractivity contribution in [1.82, 2.24) is 5.32 Å². The van der Waals surface area contributed by atoms with Crippen LogP contribution < -0.4 is 15.1 Å². The largest absolute Gasteiger partial charge is 0.371 e. The Hall–Kier alpha value is -2.89. The van der Waals surface area contributed by atoms with Crippen LogP contribution in [-0.4, -0.2) is 31.4 Å². The first kappa shape index (κ1) is 18.5. The highest BCUT2D eigenvalue weighted by molar-refractivity contribution is 6.00. The first-order valence-corrected chi connectivity index (χ1v) is 9.79. The molecule has 0 aromatic heterocycles. The third-order valence-electron chi connectivity index (χ3n) is 5.53. The molecule has 2 fully saturated rings. The first-order valence-electron chi connectivity index (χ1n) is 9.79. The molecule has 0 aliphatic carbocycles. The maximum absolute atomic E-state index is 14.0. The molecule has 2 aliphatic rings. The minimum atomic E-state index is -0.467. The number of rotatable bonds is 5. The monoisotopic (exact) mass is 381 g/mol. The van der Waals surface area contributed by atoms with Crippen LogP contribution in [0.1, 0.15) is 24.8 Å². The van der Waals surface area contributed by atoms with E-state index in [9.17, 15) is 14.0 Å². The number of para-hydroxylation sites is 2. The fraction of sp³-hybridized carbons (Fsp3) is 0.364. The highest BCUT2D eigenvalue weighted by Crippen LogP contribution is 2.28. The first-order chi connectivity index (χ1) is 13.6. The van der Waals surface area contributed by atoms with Gasteiger partial charge in [-0.25, -0.2) is 4.39 Å². The lowest BCUT2D eigenvalue weighted by Crippen LogP contribution is -2.33. The number of nitrogens with zero attached hydrogens (tertiary/aromatic N) is 2. The Balaban J connectivity index is 1.40. The van der Waals surface area contributed by atoms with Crippen LogP contribution in [0.2, 0.25) is 0 Å². The molecule has 2 aliphatic heterocycles. The average Bonchev–Trinajstić information content (AvgIpc) is 3.37. The Morgan fingerprint density at radius 2 is 1.71 bits per heavy atom. The molecule has 0 saturated carbocycles. The molecule has 1 N–H and O–H groups in total. The highest BCUT2D eigenvalue weighted by atomic mass is 19.1. The van der Waals surface area contributed by atoms with E-state index in [1.807, 2.05) is 18.2 Å². The van der Waals surface area contributed by atoms with E-state index in [4.69, 9.17) is 0 Å². The molecule has 1 unspecified atom stereocenters. The van der Waals surface area contributed by atoms with E-state index in [1.165, 1.54) is 23.8 Å². The zero-order valence-corrected chi connectivity index (χ0v) is 15.7. The van der Waals surface area contributed by atoms with Gasteiger partial charge >= 0.3 is 0 Å². The summed E-state index contributed by atoms with van der Waals surface area (Å²) in [5.74, 6) is -1.30. The molecule has 1 atom stereocenters. The highest BCUT2D eigenvalue weighted by Gasteiger charge is 2.36. The third-order valence-corrected chi connectivity index (χ3v) is 5.53. The van der Waals surface area contributed by atoms with Crippen molar-refractivity contribution in [2.45, 2.75) is 25.8 Å². The second-order valence-electron chi connectivity index (χ2n) is 7.40. The normalized spacial score (nSPS) is 19.3. The second kappa shape index (κ2) is 8.00. The minimum absolute atomic E-state index is 0.105. The van der Waals surface area contributed by atoms with Gasteiger partial charge in [-0.15, -0.1) is 0 Å². The van der Waals surface area contributed by atoms with Gasteiger partial charge in [-0.1, -0.05) is 30.3 Å². The van der Waals surface area contributed by atoms with Crippen molar-refractivity contribution in [3.8, 4) is 0 Å². The molecule has 2 aromatic carbocycles. The summed E-state index contributed by atoms with van der Waals surface area (Å²) < 4.78 is 14.0. The third kappa shape index (κ3) is 3.72. The molecule has 2 amide bonds. The van der Waals surface area contributed by atoms with Crippen LogP contribution in [-0.2, 0) is 16.1 Å². The van der Waals surface area contributed by atoms with Crippen molar-refractivity contribution in [1.29, 1.82) is 0 Å². The van der Waals surface area contributed by atoms with Crippen molar-refractivity contribution < 1.29 is 14.0 Å². The summed E-state index contributed by atoms with van der Waals surface area (Å²) in [7, 11) is 0. The molecule has 0 bridgehead atoms. The lowest BCUT2D eigenvalue weighted by atomic mass is 10.1. The van der Waals surface area contributed by atoms with Gasteiger partial charge in [0.2, 0.25) is 11.8 Å². The molecule has 6 heteroatoms. The molecular formula is C22H24FN3O2. The number of amides is 2. The molecule has 5 nitrogen and oxygen atoms in total. The maximum atomic E-state index is 14.0. The smallest absolute Gasteiger partial charge is 0.227 e. The molecule has 146 valence electrons. The SMILES string of the molecule is O=C(NCc1ccccc1N1CCCC1)C1CC(=O)N(c2ccccc2F)C1. The summed E-state index contributed by atoms with van der Waals surface area (Å²) in [6.45, 7) is 2.72. The van der Waals surface area contributed by atoms with Gasteiger partial charge in [-0.2, -0.15) is 0 Å². The fourth-order valence-corrected chi connectivity index (χ4v) is 4.04. The quantitative estimate of drug-likeness (QED) is 0.866. The van der Waals surface area contributed by atoms with Gasteiger partial charge < -0.3 is 15.1 Å². The molecule has 2 heterocycles. The van der Waals surface area contributed by atoms with Crippen LogP contribution in [0.25, 0.3) is 0 Å². The molecule has 0 spiro atoms. The molecule has 0 radical (unpaired) electrons. The number of halogens is 1. The maximum Gasteiger partial charge on any atom is 0.227 e. The summed E-state index contributed by atoms with van der Waals surface area (Å²) >= 11 is 0. The number of benzene rings is 2. The zero-order chi connectivity index (χ0) is 19.5. The van der Waals surface area contributed by atoms with E-state index in [-0.39, 0.29) is 30.5 Å². The Morgan fingerprint density at radius 3 is 2.46 bits per heavy atom. The van der Waals surface area contributed by atoms with Crippen LogP contribution in [0, 0.1) is 11.7 Å². The molecule has 2 saturated heterocycles. The zero-order valence-electron chi connectivity index (χ0n) is 15.7. The van der Waals surface area contributed by atoms with Crippen molar-refractivity contribution in [3.05, 3.63) is 59.9 Å². The van der Waals surface area contributed by atoms with Crippen LogP contribution in [0.4, 0.5) is 15.8 Å². The number of hydrogen-bond donors (Lipinski definition) is 1. The van der Waals surface area contributed by atoms with Crippen LogP contribution in [0.3, 0.4) is 0 Å². The molecule has 2 aromatic rings. The van der Waals surface area contributed by atoms with E-state index in [2.05, 4.69) is 16.3 Å². The molecule has 4 rings (SSSR count). The van der Waals surface area contributed by atoms with Crippen molar-refractivity contribution in [2.24, 2.45) is 5.92 Å². The van der Waals surface area contributed by atoms with Gasteiger partial charge in [0.05, 0.1) is 11.6 Å². The second-order valence-corrected chi connectivity index (χ2v) is 7.40. The summed E-state index contributed by atoms with van der Waals surface area (Å²) in [6.07, 6.45) is 2.49. The Kier molecular flexibility index (Phi) is 5.28. The Labute approximate surface area is 164 Å². The number of anilines is 2. The number of nitrogens with one attached hydrogen (secondary N) is 1. The van der Waals surface area contributed by atoms with Crippen LogP contribution in [0.15, 0.2) is 48.5 Å². The lowest BCUT2D eigenvalue weighted by molar-refractivity contribution is -0.126. The van der Waals surface area contributed by atoms with Gasteiger partial charge in [0, 0.05) is 38.3 Å².